The zero-order valence-corrected chi connectivity index (χ0v) is 13.2. The molecule has 0 fully saturated rings. The maximum absolute atomic E-state index is 12.0. The van der Waals surface area contributed by atoms with Crippen molar-refractivity contribution in [1.29, 1.82) is 0 Å². The van der Waals surface area contributed by atoms with Crippen molar-refractivity contribution in [1.82, 2.24) is 0 Å². The van der Waals surface area contributed by atoms with Gasteiger partial charge in [-0.2, -0.15) is 0 Å². The largest absolute Gasteiger partial charge is 0.542 e. The van der Waals surface area contributed by atoms with Crippen molar-refractivity contribution in [2.45, 2.75) is 20.0 Å². The Hall–Kier alpha value is -3.22. The standard InChI is InChI=1S/C17H16N2O5/c1-12(2)22-15-11-7-6-10-14(15)16(20)18-19-24-17(21)23-13-8-4-3-5-9-13/h3-12H,1-2H3. The molecule has 1 amide bonds. The fourth-order valence-electron chi connectivity index (χ4n) is 1.75. The summed E-state index contributed by atoms with van der Waals surface area (Å²) in [5, 5.41) is 6.44. The van der Waals surface area contributed by atoms with Crippen molar-refractivity contribution in [2.24, 2.45) is 10.4 Å². The van der Waals surface area contributed by atoms with E-state index in [-0.39, 0.29) is 11.7 Å². The summed E-state index contributed by atoms with van der Waals surface area (Å²) in [5.41, 5.74) is 0.218. The van der Waals surface area contributed by atoms with Crippen LogP contribution in [0.15, 0.2) is 65.0 Å². The van der Waals surface area contributed by atoms with Crippen molar-refractivity contribution in [3.05, 3.63) is 60.2 Å². The van der Waals surface area contributed by atoms with Crippen molar-refractivity contribution < 1.29 is 23.9 Å². The summed E-state index contributed by atoms with van der Waals surface area (Å²) in [5.74, 6) is -0.0261. The van der Waals surface area contributed by atoms with Crippen LogP contribution in [0.25, 0.3) is 0 Å². The molecule has 0 aliphatic rings. The first-order valence-electron chi connectivity index (χ1n) is 7.21. The Kier molecular flexibility index (Phi) is 6.01. The molecule has 124 valence electrons. The summed E-state index contributed by atoms with van der Waals surface area (Å²) in [4.78, 5) is 27.8. The van der Waals surface area contributed by atoms with Gasteiger partial charge in [0.2, 0.25) is 0 Å². The van der Waals surface area contributed by atoms with E-state index in [0.29, 0.717) is 11.5 Å². The minimum atomic E-state index is -1.09. The lowest BCUT2D eigenvalue weighted by molar-refractivity contribution is 0.0851. The number of rotatable bonds is 5. The van der Waals surface area contributed by atoms with Gasteiger partial charge in [0.15, 0.2) is 0 Å². The van der Waals surface area contributed by atoms with E-state index in [1.54, 1.807) is 54.6 Å². The van der Waals surface area contributed by atoms with Crippen LogP contribution in [0, 0.1) is 0 Å². The molecule has 0 spiro atoms. The number of nitrogens with zero attached hydrogens (tertiary/aromatic N) is 2. The molecule has 0 N–H and O–H groups in total. The first-order valence-corrected chi connectivity index (χ1v) is 7.21. The monoisotopic (exact) mass is 328 g/mol. The molecule has 7 nitrogen and oxygen atoms in total. The number of benzene rings is 2. The molecule has 24 heavy (non-hydrogen) atoms. The maximum atomic E-state index is 12.0. The highest BCUT2D eigenvalue weighted by molar-refractivity contribution is 5.97. The number of hydrogen-bond acceptors (Lipinski definition) is 6. The summed E-state index contributed by atoms with van der Waals surface area (Å²) < 4.78 is 10.3. The van der Waals surface area contributed by atoms with Crippen LogP contribution in [0.4, 0.5) is 4.79 Å². The molecule has 0 unspecified atom stereocenters. The first-order chi connectivity index (χ1) is 11.6. The summed E-state index contributed by atoms with van der Waals surface area (Å²) in [6.07, 6.45) is -1.20. The fourth-order valence-corrected chi connectivity index (χ4v) is 1.75. The zero-order chi connectivity index (χ0) is 17.4. The highest BCUT2D eigenvalue weighted by Crippen LogP contribution is 2.20. The van der Waals surface area contributed by atoms with Crippen LogP contribution in [-0.2, 0) is 4.84 Å². The van der Waals surface area contributed by atoms with Gasteiger partial charge in [-0.15, -0.1) is 0 Å². The summed E-state index contributed by atoms with van der Waals surface area (Å²) >= 11 is 0. The fraction of sp³-hybridized carbons (Fsp3) is 0.176. The van der Waals surface area contributed by atoms with Crippen LogP contribution in [0.5, 0.6) is 11.5 Å². The summed E-state index contributed by atoms with van der Waals surface area (Å²) in [6, 6.07) is 14.9. The van der Waals surface area contributed by atoms with Gasteiger partial charge in [-0.25, -0.2) is 4.79 Å². The van der Waals surface area contributed by atoms with E-state index in [1.165, 1.54) is 0 Å². The third-order valence-corrected chi connectivity index (χ3v) is 2.67. The second-order valence-corrected chi connectivity index (χ2v) is 4.91. The van der Waals surface area contributed by atoms with Gasteiger partial charge < -0.3 is 9.47 Å². The molecule has 0 heterocycles. The second-order valence-electron chi connectivity index (χ2n) is 4.91. The normalized spacial score (nSPS) is 10.6. The van der Waals surface area contributed by atoms with E-state index >= 15 is 0 Å². The van der Waals surface area contributed by atoms with Crippen LogP contribution < -0.4 is 9.47 Å². The molecule has 2 aromatic rings. The molecule has 2 aromatic carbocycles. The van der Waals surface area contributed by atoms with Crippen LogP contribution in [0.2, 0.25) is 0 Å². The zero-order valence-electron chi connectivity index (χ0n) is 13.2. The van der Waals surface area contributed by atoms with Crippen LogP contribution in [-0.4, -0.2) is 18.2 Å². The van der Waals surface area contributed by atoms with Gasteiger partial charge in [-0.05, 0) is 38.1 Å². The average molecular weight is 328 g/mol. The van der Waals surface area contributed by atoms with Crippen LogP contribution in [0.3, 0.4) is 0 Å². The number of carbonyl (C=O) groups excluding carboxylic acids is 2. The van der Waals surface area contributed by atoms with Crippen molar-refractivity contribution >= 4 is 12.1 Å². The molecular formula is C17H16N2O5. The highest BCUT2D eigenvalue weighted by Gasteiger charge is 2.13. The van der Waals surface area contributed by atoms with Crippen molar-refractivity contribution in [3.63, 3.8) is 0 Å². The predicted octanol–water partition coefficient (Wildman–Crippen LogP) is 4.20. The molecular weight excluding hydrogens is 312 g/mol. The number of carbonyl (C=O) groups is 2. The van der Waals surface area contributed by atoms with Gasteiger partial charge in [0.05, 0.1) is 11.7 Å². The molecule has 2 rings (SSSR count). The van der Waals surface area contributed by atoms with Crippen molar-refractivity contribution in [2.75, 3.05) is 0 Å². The van der Waals surface area contributed by atoms with E-state index in [0.717, 1.165) is 0 Å². The topological polar surface area (TPSA) is 86.5 Å². The third kappa shape index (κ3) is 5.20. The Morgan fingerprint density at radius 1 is 0.958 bits per heavy atom. The molecule has 0 radical (unpaired) electrons. The SMILES string of the molecule is CC(C)Oc1ccccc1C(=O)N=NOC(=O)Oc1ccccc1. The lowest BCUT2D eigenvalue weighted by Crippen LogP contribution is -2.09. The quantitative estimate of drug-likeness (QED) is 0.355. The lowest BCUT2D eigenvalue weighted by atomic mass is 10.2. The Labute approximate surface area is 138 Å². The Morgan fingerprint density at radius 2 is 1.62 bits per heavy atom. The van der Waals surface area contributed by atoms with E-state index in [1.807, 2.05) is 13.8 Å². The summed E-state index contributed by atoms with van der Waals surface area (Å²) in [6.45, 7) is 3.68. The van der Waals surface area contributed by atoms with Gasteiger partial charge in [-0.3, -0.25) is 9.63 Å². The van der Waals surface area contributed by atoms with Gasteiger partial charge in [0, 0.05) is 5.28 Å². The van der Waals surface area contributed by atoms with E-state index in [9.17, 15) is 9.59 Å². The van der Waals surface area contributed by atoms with E-state index in [4.69, 9.17) is 9.47 Å². The Balaban J connectivity index is 1.94. The van der Waals surface area contributed by atoms with E-state index < -0.39 is 12.1 Å². The predicted molar refractivity (Wildman–Crippen MR) is 84.9 cm³/mol. The van der Waals surface area contributed by atoms with Crippen molar-refractivity contribution in [3.8, 4) is 11.5 Å². The third-order valence-electron chi connectivity index (χ3n) is 2.67. The Bertz CT molecular complexity index is 729. The van der Waals surface area contributed by atoms with Crippen LogP contribution >= 0.6 is 0 Å². The number of hydrogen-bond donors (Lipinski definition) is 0. The molecule has 0 saturated heterocycles. The smallest absolute Gasteiger partial charge is 0.490 e. The molecule has 0 saturated carbocycles. The minimum absolute atomic E-state index is 0.104. The molecule has 7 heteroatoms. The van der Waals surface area contributed by atoms with Gasteiger partial charge in [0.25, 0.3) is 0 Å². The average Bonchev–Trinajstić information content (AvgIpc) is 2.55. The minimum Gasteiger partial charge on any atom is -0.490 e. The highest BCUT2D eigenvalue weighted by atomic mass is 16.8. The number of para-hydroxylation sites is 2. The van der Waals surface area contributed by atoms with E-state index in [2.05, 4.69) is 15.2 Å². The Morgan fingerprint density at radius 3 is 2.33 bits per heavy atom. The van der Waals surface area contributed by atoms with Crippen LogP contribution in [0.1, 0.15) is 24.2 Å². The van der Waals surface area contributed by atoms with Gasteiger partial charge in [0.1, 0.15) is 11.5 Å². The molecule has 0 aliphatic heterocycles. The molecule has 0 bridgehead atoms. The first kappa shape index (κ1) is 17.1. The summed E-state index contributed by atoms with van der Waals surface area (Å²) in [7, 11) is 0. The number of ether oxygens (including phenoxy) is 2. The van der Waals surface area contributed by atoms with Gasteiger partial charge >= 0.3 is 12.1 Å². The molecule has 0 aliphatic carbocycles. The lowest BCUT2D eigenvalue weighted by Gasteiger charge is -2.11. The number of amides is 1. The molecule has 0 atom stereocenters. The second kappa shape index (κ2) is 8.42. The maximum Gasteiger partial charge on any atom is 0.542 e. The molecule has 0 aromatic heterocycles. The van der Waals surface area contributed by atoms with Gasteiger partial charge in [-0.1, -0.05) is 35.4 Å².